The van der Waals surface area contributed by atoms with E-state index in [-0.39, 0.29) is 6.61 Å². The lowest BCUT2D eigenvalue weighted by atomic mass is 10.1. The van der Waals surface area contributed by atoms with Crippen LogP contribution in [0.4, 0.5) is 4.79 Å². The maximum Gasteiger partial charge on any atom is 0.408 e. The summed E-state index contributed by atoms with van der Waals surface area (Å²) in [6.45, 7) is 0.989. The van der Waals surface area contributed by atoms with E-state index in [2.05, 4.69) is 26.0 Å². The molecule has 12 heteroatoms. The second kappa shape index (κ2) is 12.0. The third-order valence-corrected chi connectivity index (χ3v) is 4.81. The zero-order valence-electron chi connectivity index (χ0n) is 18.8. The quantitative estimate of drug-likeness (QED) is 0.365. The first-order valence-corrected chi connectivity index (χ1v) is 10.7. The molecule has 12 nitrogen and oxygen atoms in total. The molecule has 0 aliphatic heterocycles. The van der Waals surface area contributed by atoms with Gasteiger partial charge >= 0.3 is 12.1 Å². The number of amides is 2. The fourth-order valence-electron chi connectivity index (χ4n) is 2.99. The molecule has 3 aromatic rings. The largest absolute Gasteiger partial charge is 0.481 e. The van der Waals surface area contributed by atoms with Crippen molar-refractivity contribution in [2.75, 3.05) is 0 Å². The van der Waals surface area contributed by atoms with Gasteiger partial charge in [0.2, 0.25) is 11.7 Å². The van der Waals surface area contributed by atoms with Crippen LogP contribution < -0.4 is 10.6 Å². The number of carboxylic acid groups (broad SMARTS) is 1. The van der Waals surface area contributed by atoms with Crippen LogP contribution in [0.3, 0.4) is 0 Å². The summed E-state index contributed by atoms with van der Waals surface area (Å²) >= 11 is 0. The number of rotatable bonds is 11. The molecule has 2 aromatic carbocycles. The summed E-state index contributed by atoms with van der Waals surface area (Å²) < 4.78 is 5.07. The van der Waals surface area contributed by atoms with Gasteiger partial charge in [-0.1, -0.05) is 60.7 Å². The second-order valence-electron chi connectivity index (χ2n) is 7.56. The zero-order chi connectivity index (χ0) is 25.2. The van der Waals surface area contributed by atoms with Gasteiger partial charge in [-0.25, -0.2) is 4.79 Å². The second-order valence-corrected chi connectivity index (χ2v) is 7.56. The Morgan fingerprint density at radius 2 is 1.66 bits per heavy atom. The van der Waals surface area contributed by atoms with Gasteiger partial charge in [-0.3, -0.25) is 14.4 Å². The van der Waals surface area contributed by atoms with Gasteiger partial charge in [-0.05, 0) is 17.7 Å². The smallest absolute Gasteiger partial charge is 0.408 e. The molecule has 2 atom stereocenters. The van der Waals surface area contributed by atoms with Gasteiger partial charge in [0.1, 0.15) is 25.2 Å². The molecule has 35 heavy (non-hydrogen) atoms. The van der Waals surface area contributed by atoms with Gasteiger partial charge in [0, 0.05) is 5.56 Å². The number of aromatic nitrogens is 4. The number of ketones is 1. The van der Waals surface area contributed by atoms with Crippen molar-refractivity contribution in [2.24, 2.45) is 0 Å². The van der Waals surface area contributed by atoms with Gasteiger partial charge in [0.25, 0.3) is 0 Å². The normalized spacial score (nSPS) is 12.3. The van der Waals surface area contributed by atoms with Crippen LogP contribution in [0, 0.1) is 0 Å². The topological polar surface area (TPSA) is 165 Å². The molecule has 0 radical (unpaired) electrons. The lowest BCUT2D eigenvalue weighted by Gasteiger charge is -2.19. The van der Waals surface area contributed by atoms with E-state index >= 15 is 0 Å². The predicted octanol–water partition coefficient (Wildman–Crippen LogP) is 1.18. The molecule has 0 saturated heterocycles. The van der Waals surface area contributed by atoms with Crippen LogP contribution in [0.15, 0.2) is 60.7 Å². The highest BCUT2D eigenvalue weighted by Crippen LogP contribution is 2.12. The third-order valence-electron chi connectivity index (χ3n) is 4.81. The first kappa shape index (κ1) is 25.0. The number of carboxylic acids is 1. The average Bonchev–Trinajstić information content (AvgIpc) is 3.31. The Labute approximate surface area is 200 Å². The SMILES string of the molecule is C[C@H](NC(=O)OCc1ccccc1)C(=O)NC(CC(=O)O)C(=O)Cn1nnc(-c2ccccc2)n1. The fraction of sp³-hybridized carbons (Fsp3) is 0.261. The molecular formula is C23H24N6O6. The van der Waals surface area contributed by atoms with E-state index in [1.54, 1.807) is 48.5 Å². The van der Waals surface area contributed by atoms with E-state index in [1.807, 2.05) is 12.1 Å². The minimum absolute atomic E-state index is 0.0109. The van der Waals surface area contributed by atoms with Crippen molar-refractivity contribution in [3.05, 3.63) is 66.2 Å². The highest BCUT2D eigenvalue weighted by atomic mass is 16.5. The van der Waals surface area contributed by atoms with Crippen molar-refractivity contribution in [1.29, 1.82) is 0 Å². The van der Waals surface area contributed by atoms with Gasteiger partial charge in [-0.15, -0.1) is 10.2 Å². The maximum atomic E-state index is 12.7. The van der Waals surface area contributed by atoms with E-state index in [9.17, 15) is 24.3 Å². The lowest BCUT2D eigenvalue weighted by molar-refractivity contribution is -0.140. The molecule has 1 heterocycles. The van der Waals surface area contributed by atoms with Crippen LogP contribution in [-0.2, 0) is 32.3 Å². The van der Waals surface area contributed by atoms with E-state index < -0.39 is 48.8 Å². The average molecular weight is 480 g/mol. The Hall–Kier alpha value is -4.61. The number of hydrogen-bond donors (Lipinski definition) is 3. The predicted molar refractivity (Wildman–Crippen MR) is 122 cm³/mol. The molecule has 0 spiro atoms. The Morgan fingerprint density at radius 1 is 1.00 bits per heavy atom. The maximum absolute atomic E-state index is 12.7. The standard InChI is InChI=1S/C23H24N6O6/c1-15(24-23(34)35-14-16-8-4-2-5-9-16)22(33)25-18(12-20(31)32)19(30)13-29-27-21(26-28-29)17-10-6-3-7-11-17/h2-11,15,18H,12-14H2,1H3,(H,24,34)(H,25,33)(H,31,32)/t15-,18?/m0/s1. The summed E-state index contributed by atoms with van der Waals surface area (Å²) in [7, 11) is 0. The van der Waals surface area contributed by atoms with Crippen LogP contribution in [0.1, 0.15) is 18.9 Å². The van der Waals surface area contributed by atoms with Crippen LogP contribution in [0.5, 0.6) is 0 Å². The van der Waals surface area contributed by atoms with Crippen molar-refractivity contribution in [2.45, 2.75) is 38.6 Å². The molecule has 2 amide bonds. The van der Waals surface area contributed by atoms with E-state index in [0.29, 0.717) is 11.4 Å². The van der Waals surface area contributed by atoms with E-state index in [1.165, 1.54) is 6.92 Å². The number of carbonyl (C=O) groups is 4. The number of carbonyl (C=O) groups excluding carboxylic acids is 3. The van der Waals surface area contributed by atoms with Crippen LogP contribution >= 0.6 is 0 Å². The van der Waals surface area contributed by atoms with Crippen molar-refractivity contribution in [1.82, 2.24) is 30.8 Å². The number of hydrogen-bond acceptors (Lipinski definition) is 8. The van der Waals surface area contributed by atoms with Crippen molar-refractivity contribution in [3.63, 3.8) is 0 Å². The monoisotopic (exact) mass is 480 g/mol. The summed E-state index contributed by atoms with van der Waals surface area (Å²) in [6.07, 6.45) is -1.49. The summed E-state index contributed by atoms with van der Waals surface area (Å²) in [5.74, 6) is -2.39. The molecule has 3 rings (SSSR count). The molecule has 0 fully saturated rings. The van der Waals surface area contributed by atoms with E-state index in [0.717, 1.165) is 10.4 Å². The molecule has 182 valence electrons. The summed E-state index contributed by atoms with van der Waals surface area (Å²) in [4.78, 5) is 49.5. The van der Waals surface area contributed by atoms with Crippen LogP contribution in [0.25, 0.3) is 11.4 Å². The van der Waals surface area contributed by atoms with Crippen LogP contribution in [-0.4, -0.2) is 61.2 Å². The van der Waals surface area contributed by atoms with Crippen molar-refractivity contribution in [3.8, 4) is 11.4 Å². The highest BCUT2D eigenvalue weighted by Gasteiger charge is 2.27. The molecular weight excluding hydrogens is 456 g/mol. The van der Waals surface area contributed by atoms with Crippen molar-refractivity contribution < 1.29 is 29.0 Å². The van der Waals surface area contributed by atoms with Gasteiger partial charge in [-0.2, -0.15) is 4.80 Å². The molecule has 0 bridgehead atoms. The number of Topliss-reactive ketones (excluding diaryl/α,β-unsaturated/α-hetero) is 1. The van der Waals surface area contributed by atoms with Gasteiger partial charge in [0.05, 0.1) is 6.42 Å². The van der Waals surface area contributed by atoms with Gasteiger partial charge in [0.15, 0.2) is 5.78 Å². The first-order chi connectivity index (χ1) is 16.8. The molecule has 1 unspecified atom stereocenters. The summed E-state index contributed by atoms with van der Waals surface area (Å²) in [5, 5.41) is 25.7. The number of nitrogens with one attached hydrogen (secondary N) is 2. The molecule has 3 N–H and O–H groups in total. The van der Waals surface area contributed by atoms with Crippen LogP contribution in [0.2, 0.25) is 0 Å². The number of nitrogens with zero attached hydrogens (tertiary/aromatic N) is 4. The summed E-state index contributed by atoms with van der Waals surface area (Å²) in [5.41, 5.74) is 1.46. The lowest BCUT2D eigenvalue weighted by Crippen LogP contribution is -2.51. The number of alkyl carbamates (subject to hydrolysis) is 1. The Balaban J connectivity index is 1.55. The summed E-state index contributed by atoms with van der Waals surface area (Å²) in [6, 6.07) is 15.5. The number of aliphatic carboxylic acids is 1. The van der Waals surface area contributed by atoms with E-state index in [4.69, 9.17) is 4.74 Å². The van der Waals surface area contributed by atoms with Gasteiger partial charge < -0.3 is 20.5 Å². The minimum Gasteiger partial charge on any atom is -0.481 e. The highest BCUT2D eigenvalue weighted by molar-refractivity contribution is 5.93. The Morgan fingerprint density at radius 3 is 2.31 bits per heavy atom. The minimum atomic E-state index is -1.37. The number of ether oxygens (including phenoxy) is 1. The first-order valence-electron chi connectivity index (χ1n) is 10.7. The zero-order valence-corrected chi connectivity index (χ0v) is 18.8. The molecule has 1 aromatic heterocycles. The van der Waals surface area contributed by atoms with Crippen molar-refractivity contribution >= 4 is 23.8 Å². The third kappa shape index (κ3) is 7.74. The molecule has 0 aliphatic carbocycles. The Kier molecular flexibility index (Phi) is 8.59. The molecule has 0 saturated carbocycles. The Bertz CT molecular complexity index is 1170. The molecule has 0 aliphatic rings. The number of benzene rings is 2. The number of tetrazole rings is 1. The fourth-order valence-corrected chi connectivity index (χ4v) is 2.99.